The number of anilines is 2. The molecule has 3 aliphatic heterocycles. The molecule has 0 aliphatic carbocycles. The van der Waals surface area contributed by atoms with Crippen LogP contribution in [-0.4, -0.2) is 140 Å². The number of halogens is 3. The Morgan fingerprint density at radius 3 is 2.41 bits per heavy atom. The highest BCUT2D eigenvalue weighted by Crippen LogP contribution is 2.45. The quantitative estimate of drug-likeness (QED) is 0.161. The number of pyridine rings is 1. The minimum absolute atomic E-state index is 0.186. The third-order valence-corrected chi connectivity index (χ3v) is 11.2. The predicted octanol–water partition coefficient (Wildman–Crippen LogP) is 3.71. The monoisotopic (exact) mass is 808 g/mol. The second-order valence-corrected chi connectivity index (χ2v) is 14.7. The van der Waals surface area contributed by atoms with E-state index in [1.807, 2.05) is 12.1 Å². The molecule has 3 aromatic rings. The molecule has 3 atom stereocenters. The number of nitrogens with zero attached hydrogens (tertiary/aromatic N) is 5. The number of carbonyl (C=O) groups is 4. The average molecular weight is 809 g/mol. The van der Waals surface area contributed by atoms with E-state index < -0.39 is 30.8 Å². The lowest BCUT2D eigenvalue weighted by Crippen LogP contribution is -2.48. The van der Waals surface area contributed by atoms with Crippen molar-refractivity contribution in [1.29, 1.82) is 0 Å². The van der Waals surface area contributed by atoms with Gasteiger partial charge in [0, 0.05) is 101 Å². The van der Waals surface area contributed by atoms with Crippen LogP contribution < -0.4 is 25.4 Å². The van der Waals surface area contributed by atoms with Gasteiger partial charge in [-0.05, 0) is 55.7 Å². The van der Waals surface area contributed by atoms with Gasteiger partial charge in [-0.25, -0.2) is 0 Å². The molecule has 1 saturated heterocycles. The summed E-state index contributed by atoms with van der Waals surface area (Å²) >= 11 is 0. The van der Waals surface area contributed by atoms with Crippen molar-refractivity contribution in [3.8, 4) is 11.5 Å². The topological polar surface area (TPSA) is 149 Å². The molecule has 17 heteroatoms. The van der Waals surface area contributed by atoms with Crippen LogP contribution in [0.15, 0.2) is 48.7 Å². The van der Waals surface area contributed by atoms with E-state index in [9.17, 15) is 32.3 Å². The Labute approximate surface area is 336 Å². The number of amides is 2. The SMILES string of the molecule is CNC(=O)C(CCC=O)N1Cc2c(NCCN3CCN(CCOc4ccc(C5c6ccc(NC)c(OC=O)c6C[C@@H](C)N5CC(F)(F)F)nc4)CC3)cccc2C1=O. The van der Waals surface area contributed by atoms with Crippen LogP contribution in [0.25, 0.3) is 0 Å². The first kappa shape index (κ1) is 42.3. The number of alkyl halides is 3. The van der Waals surface area contributed by atoms with Gasteiger partial charge in [0.05, 0.1) is 30.2 Å². The number of rotatable bonds is 18. The Hall–Kier alpha value is -5.26. The third kappa shape index (κ3) is 9.70. The number of likely N-dealkylation sites (N-methyl/N-ethyl adjacent to an activating group) is 1. The molecule has 0 bridgehead atoms. The molecule has 3 aliphatic rings. The molecule has 0 spiro atoms. The number of aromatic nitrogens is 1. The van der Waals surface area contributed by atoms with Crippen molar-refractivity contribution in [1.82, 2.24) is 29.9 Å². The van der Waals surface area contributed by atoms with Crippen LogP contribution in [0.1, 0.15) is 58.5 Å². The number of piperazine rings is 1. The second kappa shape index (κ2) is 19.0. The second-order valence-electron chi connectivity index (χ2n) is 14.7. The molecule has 1 aromatic heterocycles. The van der Waals surface area contributed by atoms with Crippen molar-refractivity contribution < 1.29 is 41.8 Å². The lowest BCUT2D eigenvalue weighted by molar-refractivity contribution is -0.155. The van der Waals surface area contributed by atoms with E-state index in [1.54, 1.807) is 55.4 Å². The molecule has 58 heavy (non-hydrogen) atoms. The van der Waals surface area contributed by atoms with Crippen LogP contribution in [0, 0.1) is 0 Å². The molecule has 2 aromatic carbocycles. The van der Waals surface area contributed by atoms with Crippen LogP contribution in [-0.2, 0) is 27.3 Å². The number of aldehydes is 1. The Morgan fingerprint density at radius 1 is 1.00 bits per heavy atom. The lowest BCUT2D eigenvalue weighted by atomic mass is 9.85. The number of hydrogen-bond acceptors (Lipinski definition) is 12. The molecule has 2 unspecified atom stereocenters. The van der Waals surface area contributed by atoms with Gasteiger partial charge < -0.3 is 35.1 Å². The summed E-state index contributed by atoms with van der Waals surface area (Å²) in [6.07, 6.45) is -1.42. The molecule has 0 saturated carbocycles. The molecule has 6 rings (SSSR count). The summed E-state index contributed by atoms with van der Waals surface area (Å²) in [7, 11) is 3.21. The standard InChI is InChI=1S/C41H51F3N8O6/c1-27-22-31-29(10-12-35(45-2)38(31)58-26-54)37(52(27)25-41(42,43)44)34-11-9-28(23-48-34)57-21-19-50-17-15-49(16-18-50)14-13-47-33-7-4-6-30-32(33)24-51(40(30)56)36(8-5-20-53)39(55)46-3/h4,6-7,9-12,20,23,26-27,36-37,45,47H,5,8,13-19,21-22,24-25H2,1-3H3,(H,46,55)/t27-,36?,37?/m1/s1. The highest BCUT2D eigenvalue weighted by molar-refractivity contribution is 6.02. The Bertz CT molecular complexity index is 1920. The summed E-state index contributed by atoms with van der Waals surface area (Å²) < 4.78 is 52.8. The van der Waals surface area contributed by atoms with E-state index in [4.69, 9.17) is 9.47 Å². The molecule has 14 nitrogen and oxygen atoms in total. The van der Waals surface area contributed by atoms with Crippen molar-refractivity contribution in [2.75, 3.05) is 83.7 Å². The first-order valence-corrected chi connectivity index (χ1v) is 19.6. The molecular formula is C41H51F3N8O6. The fraction of sp³-hybridized carbons (Fsp3) is 0.488. The Kier molecular flexibility index (Phi) is 13.9. The van der Waals surface area contributed by atoms with E-state index in [2.05, 4.69) is 30.7 Å². The highest BCUT2D eigenvalue weighted by atomic mass is 19.4. The summed E-state index contributed by atoms with van der Waals surface area (Å²) in [4.78, 5) is 60.4. The largest absolute Gasteiger partial charge is 0.491 e. The van der Waals surface area contributed by atoms with E-state index in [1.165, 1.54) is 11.9 Å². The first-order valence-electron chi connectivity index (χ1n) is 19.6. The summed E-state index contributed by atoms with van der Waals surface area (Å²) in [5.41, 5.74) is 4.53. The number of benzene rings is 2. The van der Waals surface area contributed by atoms with Gasteiger partial charge in [-0.2, -0.15) is 13.2 Å². The Balaban J connectivity index is 0.989. The van der Waals surface area contributed by atoms with E-state index in [0.717, 1.165) is 50.3 Å². The lowest BCUT2D eigenvalue weighted by Gasteiger charge is -2.42. The molecule has 312 valence electrons. The molecule has 2 amide bonds. The highest BCUT2D eigenvalue weighted by Gasteiger charge is 2.42. The van der Waals surface area contributed by atoms with Gasteiger partial charge in [-0.3, -0.25) is 34.1 Å². The number of ether oxygens (including phenoxy) is 2. The van der Waals surface area contributed by atoms with Crippen molar-refractivity contribution >= 4 is 35.9 Å². The van der Waals surface area contributed by atoms with Gasteiger partial charge >= 0.3 is 6.18 Å². The number of hydrogen-bond donors (Lipinski definition) is 3. The van der Waals surface area contributed by atoms with E-state index in [-0.39, 0.29) is 31.1 Å². The van der Waals surface area contributed by atoms with Gasteiger partial charge in [0.25, 0.3) is 12.4 Å². The van der Waals surface area contributed by atoms with Crippen molar-refractivity contribution in [3.05, 3.63) is 76.6 Å². The van der Waals surface area contributed by atoms with Crippen molar-refractivity contribution in [3.63, 3.8) is 0 Å². The summed E-state index contributed by atoms with van der Waals surface area (Å²) in [5, 5.41) is 9.09. The minimum Gasteiger partial charge on any atom is -0.491 e. The smallest absolute Gasteiger partial charge is 0.401 e. The van der Waals surface area contributed by atoms with Crippen LogP contribution in [0.3, 0.4) is 0 Å². The van der Waals surface area contributed by atoms with Gasteiger partial charge in [0.2, 0.25) is 5.91 Å². The maximum absolute atomic E-state index is 13.8. The van der Waals surface area contributed by atoms with Crippen LogP contribution in [0.5, 0.6) is 11.5 Å². The van der Waals surface area contributed by atoms with Crippen LogP contribution >= 0.6 is 0 Å². The van der Waals surface area contributed by atoms with Gasteiger partial charge in [0.15, 0.2) is 5.75 Å². The summed E-state index contributed by atoms with van der Waals surface area (Å²) in [6.45, 7) is 7.25. The average Bonchev–Trinajstić information content (AvgIpc) is 3.55. The molecular weight excluding hydrogens is 757 g/mol. The fourth-order valence-electron chi connectivity index (χ4n) is 8.23. The Morgan fingerprint density at radius 2 is 1.76 bits per heavy atom. The number of carbonyl (C=O) groups excluding carboxylic acids is 4. The fourth-order valence-corrected chi connectivity index (χ4v) is 8.23. The van der Waals surface area contributed by atoms with Crippen molar-refractivity contribution in [2.24, 2.45) is 0 Å². The zero-order valence-corrected chi connectivity index (χ0v) is 33.0. The summed E-state index contributed by atoms with van der Waals surface area (Å²) in [5.74, 6) is 0.312. The van der Waals surface area contributed by atoms with Crippen LogP contribution in [0.2, 0.25) is 0 Å². The number of fused-ring (bicyclic) bond motifs is 2. The maximum atomic E-state index is 13.8. The zero-order valence-electron chi connectivity index (χ0n) is 33.0. The number of nitrogens with one attached hydrogen (secondary N) is 3. The van der Waals surface area contributed by atoms with Crippen molar-refractivity contribution in [2.45, 2.75) is 57.0 Å². The van der Waals surface area contributed by atoms with Gasteiger partial charge in [-0.15, -0.1) is 0 Å². The maximum Gasteiger partial charge on any atom is 0.401 e. The molecule has 1 fully saturated rings. The van der Waals surface area contributed by atoms with E-state index >= 15 is 0 Å². The van der Waals surface area contributed by atoms with E-state index in [0.29, 0.717) is 72.3 Å². The molecule has 4 heterocycles. The normalized spacial score (nSPS) is 19.2. The minimum atomic E-state index is -4.43. The predicted molar refractivity (Wildman–Crippen MR) is 211 cm³/mol. The van der Waals surface area contributed by atoms with Gasteiger partial charge in [-0.1, -0.05) is 12.1 Å². The third-order valence-electron chi connectivity index (χ3n) is 11.2. The zero-order chi connectivity index (χ0) is 41.4. The van der Waals surface area contributed by atoms with Gasteiger partial charge in [0.1, 0.15) is 24.7 Å². The molecule has 3 N–H and O–H groups in total. The molecule has 0 radical (unpaired) electrons. The van der Waals surface area contributed by atoms with Crippen LogP contribution in [0.4, 0.5) is 24.5 Å². The summed E-state index contributed by atoms with van der Waals surface area (Å²) in [6, 6.07) is 10.4. The first-order chi connectivity index (χ1) is 28.0.